The number of ketones is 1. The van der Waals surface area contributed by atoms with Gasteiger partial charge in [-0.05, 0) is 54.5 Å². The number of phenolic OH excluding ortho intramolecular Hbond substituents is 1. The zero-order chi connectivity index (χ0) is 22.4. The number of carbonyl (C=O) groups excluding carboxylic acids is 1. The topological polar surface area (TPSA) is 84.6 Å². The molecule has 32 heavy (non-hydrogen) atoms. The standard InChI is InChI=1S/C26H26N2O4/c1-4-15-5-7-16(8-6-15)24-23-14(2)28-32-26(23)27-19-11-18(12-21(30)25(19)24)17-9-10-20(29)22(13-17)31-3/h5-10,13,18,24,27,29H,4,11-12H2,1-3H3/t18-,24-/m1/s1. The quantitative estimate of drug-likeness (QED) is 0.591. The molecule has 2 heterocycles. The molecule has 2 N–H and O–H groups in total. The number of hydrogen-bond acceptors (Lipinski definition) is 6. The van der Waals surface area contributed by atoms with Crippen molar-refractivity contribution < 1.29 is 19.2 Å². The Kier molecular flexibility index (Phi) is 5.00. The van der Waals surface area contributed by atoms with Gasteiger partial charge in [-0.1, -0.05) is 42.4 Å². The molecule has 1 aliphatic heterocycles. The summed E-state index contributed by atoms with van der Waals surface area (Å²) in [6.45, 7) is 4.05. The van der Waals surface area contributed by atoms with Gasteiger partial charge in [-0.2, -0.15) is 0 Å². The molecule has 0 saturated heterocycles. The molecule has 164 valence electrons. The van der Waals surface area contributed by atoms with Crippen molar-refractivity contribution in [3.8, 4) is 11.5 Å². The zero-order valence-electron chi connectivity index (χ0n) is 18.4. The molecule has 0 amide bonds. The number of carbonyl (C=O) groups is 1. The second-order valence-electron chi connectivity index (χ2n) is 8.52. The van der Waals surface area contributed by atoms with E-state index in [0.29, 0.717) is 24.5 Å². The lowest BCUT2D eigenvalue weighted by Crippen LogP contribution is -2.29. The number of nitrogens with one attached hydrogen (secondary N) is 1. The smallest absolute Gasteiger partial charge is 0.233 e. The Morgan fingerprint density at radius 2 is 1.91 bits per heavy atom. The summed E-state index contributed by atoms with van der Waals surface area (Å²) in [5, 5.41) is 17.5. The van der Waals surface area contributed by atoms with Gasteiger partial charge in [0.2, 0.25) is 5.88 Å². The first-order valence-corrected chi connectivity index (χ1v) is 10.9. The summed E-state index contributed by atoms with van der Waals surface area (Å²) < 4.78 is 10.9. The van der Waals surface area contributed by atoms with Crippen molar-refractivity contribution >= 4 is 11.7 Å². The highest BCUT2D eigenvalue weighted by atomic mass is 16.5. The minimum atomic E-state index is -0.193. The van der Waals surface area contributed by atoms with Crippen molar-refractivity contribution in [1.29, 1.82) is 0 Å². The number of aromatic hydroxyl groups is 1. The summed E-state index contributed by atoms with van der Waals surface area (Å²) in [4.78, 5) is 13.6. The summed E-state index contributed by atoms with van der Waals surface area (Å²) in [6, 6.07) is 13.8. The maximum atomic E-state index is 13.6. The lowest BCUT2D eigenvalue weighted by Gasteiger charge is -2.34. The Hall–Kier alpha value is -3.54. The maximum Gasteiger partial charge on any atom is 0.233 e. The van der Waals surface area contributed by atoms with Crippen molar-refractivity contribution in [2.75, 3.05) is 12.4 Å². The number of methoxy groups -OCH3 is 1. The van der Waals surface area contributed by atoms with Gasteiger partial charge < -0.3 is 19.7 Å². The van der Waals surface area contributed by atoms with E-state index in [2.05, 4.69) is 41.7 Å². The normalized spacial score (nSPS) is 19.9. The van der Waals surface area contributed by atoms with Crippen LogP contribution in [0.1, 0.15) is 59.5 Å². The molecule has 0 radical (unpaired) electrons. The van der Waals surface area contributed by atoms with Crippen molar-refractivity contribution in [2.45, 2.75) is 44.9 Å². The van der Waals surface area contributed by atoms with Crippen LogP contribution in [0.5, 0.6) is 11.5 Å². The molecule has 6 nitrogen and oxygen atoms in total. The van der Waals surface area contributed by atoms with Gasteiger partial charge in [0.1, 0.15) is 0 Å². The van der Waals surface area contributed by atoms with E-state index in [1.54, 1.807) is 6.07 Å². The van der Waals surface area contributed by atoms with Crippen LogP contribution in [-0.2, 0) is 11.2 Å². The monoisotopic (exact) mass is 430 g/mol. The summed E-state index contributed by atoms with van der Waals surface area (Å²) in [7, 11) is 1.52. The fraction of sp³-hybridized carbons (Fsp3) is 0.308. The van der Waals surface area contributed by atoms with E-state index >= 15 is 0 Å². The number of aromatic nitrogens is 1. The highest BCUT2D eigenvalue weighted by molar-refractivity contribution is 6.01. The van der Waals surface area contributed by atoms with Crippen LogP contribution >= 0.6 is 0 Å². The number of aryl methyl sites for hydroxylation is 2. The molecule has 2 atom stereocenters. The predicted octanol–water partition coefficient (Wildman–Crippen LogP) is 5.22. The van der Waals surface area contributed by atoms with E-state index < -0.39 is 0 Å². The molecule has 0 unspecified atom stereocenters. The highest BCUT2D eigenvalue weighted by Crippen LogP contribution is 2.49. The number of hydrogen-bond donors (Lipinski definition) is 2. The number of nitrogens with zero attached hydrogens (tertiary/aromatic N) is 1. The van der Waals surface area contributed by atoms with Crippen LogP contribution in [0.15, 0.2) is 58.3 Å². The third-order valence-electron chi connectivity index (χ3n) is 6.65. The van der Waals surface area contributed by atoms with Crippen molar-refractivity contribution in [3.63, 3.8) is 0 Å². The fourth-order valence-corrected chi connectivity index (χ4v) is 4.94. The van der Waals surface area contributed by atoms with Crippen molar-refractivity contribution in [2.24, 2.45) is 0 Å². The Morgan fingerprint density at radius 1 is 1.16 bits per heavy atom. The fourth-order valence-electron chi connectivity index (χ4n) is 4.94. The summed E-state index contributed by atoms with van der Waals surface area (Å²) >= 11 is 0. The van der Waals surface area contributed by atoms with Gasteiger partial charge >= 0.3 is 0 Å². The Labute approximate surface area is 186 Å². The number of anilines is 1. The summed E-state index contributed by atoms with van der Waals surface area (Å²) in [5.74, 6) is 1.02. The van der Waals surface area contributed by atoms with Crippen LogP contribution in [0.2, 0.25) is 0 Å². The van der Waals surface area contributed by atoms with Crippen molar-refractivity contribution in [1.82, 2.24) is 5.16 Å². The number of Topliss-reactive ketones (excluding diaryl/α,β-unsaturated/α-hetero) is 1. The van der Waals surface area contributed by atoms with Gasteiger partial charge in [-0.25, -0.2) is 0 Å². The van der Waals surface area contributed by atoms with E-state index in [1.165, 1.54) is 12.7 Å². The minimum absolute atomic E-state index is 0.0167. The number of benzene rings is 2. The lowest BCUT2D eigenvalue weighted by molar-refractivity contribution is -0.116. The third-order valence-corrected chi connectivity index (χ3v) is 6.65. The first-order valence-electron chi connectivity index (χ1n) is 10.9. The summed E-state index contributed by atoms with van der Waals surface area (Å²) in [5.41, 5.74) is 6.71. The Bertz CT molecular complexity index is 1220. The second-order valence-corrected chi connectivity index (χ2v) is 8.52. The van der Waals surface area contributed by atoms with Crippen LogP contribution < -0.4 is 10.1 Å². The van der Waals surface area contributed by atoms with E-state index in [0.717, 1.165) is 40.1 Å². The van der Waals surface area contributed by atoms with E-state index in [9.17, 15) is 9.90 Å². The molecule has 3 aromatic rings. The molecule has 0 spiro atoms. The first-order chi connectivity index (χ1) is 15.5. The lowest BCUT2D eigenvalue weighted by atomic mass is 9.72. The number of allylic oxidation sites excluding steroid dienone is 2. The summed E-state index contributed by atoms with van der Waals surface area (Å²) in [6.07, 6.45) is 2.03. The average molecular weight is 431 g/mol. The number of phenols is 1. The van der Waals surface area contributed by atoms with Gasteiger partial charge in [-0.3, -0.25) is 4.79 Å². The van der Waals surface area contributed by atoms with E-state index in [-0.39, 0.29) is 23.4 Å². The van der Waals surface area contributed by atoms with Gasteiger partial charge in [0.15, 0.2) is 17.3 Å². The Balaban J connectivity index is 1.58. The molecule has 5 rings (SSSR count). The molecule has 2 aromatic carbocycles. The van der Waals surface area contributed by atoms with Gasteiger partial charge in [0, 0.05) is 23.6 Å². The molecule has 6 heteroatoms. The van der Waals surface area contributed by atoms with Crippen LogP contribution in [0.25, 0.3) is 0 Å². The molecular formula is C26H26N2O4. The van der Waals surface area contributed by atoms with Crippen LogP contribution in [0.4, 0.5) is 5.88 Å². The SMILES string of the molecule is CCc1ccc([C@H]2C3=C(C[C@@H](c4ccc(O)c(OC)c4)CC3=O)Nc3onc(C)c32)cc1. The van der Waals surface area contributed by atoms with Gasteiger partial charge in [-0.15, -0.1) is 0 Å². The van der Waals surface area contributed by atoms with E-state index in [4.69, 9.17) is 9.26 Å². The number of fused-ring (bicyclic) bond motifs is 1. The third kappa shape index (κ3) is 3.27. The molecular weight excluding hydrogens is 404 g/mol. The number of ether oxygens (including phenoxy) is 1. The van der Waals surface area contributed by atoms with Crippen molar-refractivity contribution in [3.05, 3.63) is 81.7 Å². The van der Waals surface area contributed by atoms with E-state index in [1.807, 2.05) is 19.1 Å². The second kappa shape index (κ2) is 7.86. The maximum absolute atomic E-state index is 13.6. The zero-order valence-corrected chi connectivity index (χ0v) is 18.4. The molecule has 0 fully saturated rings. The highest BCUT2D eigenvalue weighted by Gasteiger charge is 2.41. The molecule has 1 aliphatic carbocycles. The predicted molar refractivity (Wildman–Crippen MR) is 121 cm³/mol. The molecule has 0 saturated carbocycles. The van der Waals surface area contributed by atoms with Crippen LogP contribution in [0.3, 0.4) is 0 Å². The largest absolute Gasteiger partial charge is 0.504 e. The Morgan fingerprint density at radius 3 is 2.62 bits per heavy atom. The first kappa shape index (κ1) is 20.4. The molecule has 2 aliphatic rings. The van der Waals surface area contributed by atoms with Gasteiger partial charge in [0.05, 0.1) is 18.4 Å². The minimum Gasteiger partial charge on any atom is -0.504 e. The van der Waals surface area contributed by atoms with Gasteiger partial charge in [0.25, 0.3) is 0 Å². The molecule has 1 aromatic heterocycles. The average Bonchev–Trinajstić information content (AvgIpc) is 3.18. The van der Waals surface area contributed by atoms with Crippen LogP contribution in [-0.4, -0.2) is 23.2 Å². The molecule has 0 bridgehead atoms. The number of rotatable bonds is 4. The van der Waals surface area contributed by atoms with Crippen LogP contribution in [0, 0.1) is 6.92 Å².